The number of anilines is 1. The molecule has 0 saturated heterocycles. The second-order valence-corrected chi connectivity index (χ2v) is 9.80. The quantitative estimate of drug-likeness (QED) is 0.225. The highest BCUT2D eigenvalue weighted by Gasteiger charge is 2.22. The van der Waals surface area contributed by atoms with Crippen LogP contribution in [0.1, 0.15) is 25.2 Å². The van der Waals surface area contributed by atoms with E-state index in [1.165, 1.54) is 0 Å². The van der Waals surface area contributed by atoms with E-state index >= 15 is 0 Å². The minimum absolute atomic E-state index is 0.0145. The minimum Gasteiger partial charge on any atom is -0.484 e. The van der Waals surface area contributed by atoms with Crippen LogP contribution in [0.2, 0.25) is 10.0 Å². The van der Waals surface area contributed by atoms with Crippen molar-refractivity contribution >= 4 is 47.0 Å². The van der Waals surface area contributed by atoms with Gasteiger partial charge in [-0.25, -0.2) is 4.68 Å². The van der Waals surface area contributed by atoms with E-state index in [1.54, 1.807) is 27.8 Å². The third-order valence-electron chi connectivity index (χ3n) is 5.52. The third-order valence-corrected chi connectivity index (χ3v) is 6.45. The van der Waals surface area contributed by atoms with E-state index in [0.717, 1.165) is 16.9 Å². The molecular formula is C27H26Cl2N4O2S. The third kappa shape index (κ3) is 5.81. The summed E-state index contributed by atoms with van der Waals surface area (Å²) in [6.07, 6.45) is 0. The van der Waals surface area contributed by atoms with Gasteiger partial charge in [0, 0.05) is 16.8 Å². The molecule has 0 atom stereocenters. The molecule has 1 amide bonds. The summed E-state index contributed by atoms with van der Waals surface area (Å²) in [4.78, 5) is 15.2. The SMILES string of the molecule is Cc1cccc(-n2c(COc3ccc(Cl)cc3Cl)nn(CC(=O)N(c3ccccc3)C(C)C)c2=S)c1. The lowest BCUT2D eigenvalue weighted by Gasteiger charge is -2.26. The summed E-state index contributed by atoms with van der Waals surface area (Å²) in [5.74, 6) is 0.901. The molecular weight excluding hydrogens is 515 g/mol. The summed E-state index contributed by atoms with van der Waals surface area (Å²) < 4.78 is 9.73. The Morgan fingerprint density at radius 3 is 2.47 bits per heavy atom. The van der Waals surface area contributed by atoms with E-state index < -0.39 is 0 Å². The molecule has 0 N–H and O–H groups in total. The van der Waals surface area contributed by atoms with Gasteiger partial charge in [0.15, 0.2) is 5.82 Å². The molecule has 9 heteroatoms. The van der Waals surface area contributed by atoms with Crippen LogP contribution in [0.5, 0.6) is 5.75 Å². The van der Waals surface area contributed by atoms with E-state index in [9.17, 15) is 4.79 Å². The molecule has 4 rings (SSSR count). The second kappa shape index (κ2) is 11.3. The van der Waals surface area contributed by atoms with Crippen molar-refractivity contribution in [2.45, 2.75) is 40.0 Å². The number of aromatic nitrogens is 3. The molecule has 0 saturated carbocycles. The Balaban J connectivity index is 1.69. The van der Waals surface area contributed by atoms with Crippen LogP contribution in [-0.2, 0) is 17.9 Å². The maximum atomic E-state index is 13.4. The summed E-state index contributed by atoms with van der Waals surface area (Å²) >= 11 is 18.1. The van der Waals surface area contributed by atoms with Gasteiger partial charge in [-0.1, -0.05) is 53.5 Å². The van der Waals surface area contributed by atoms with Crippen molar-refractivity contribution in [1.82, 2.24) is 14.3 Å². The van der Waals surface area contributed by atoms with Crippen molar-refractivity contribution in [1.29, 1.82) is 0 Å². The van der Waals surface area contributed by atoms with E-state index in [4.69, 9.17) is 40.2 Å². The van der Waals surface area contributed by atoms with Gasteiger partial charge in [0.25, 0.3) is 0 Å². The molecule has 36 heavy (non-hydrogen) atoms. The van der Waals surface area contributed by atoms with E-state index in [2.05, 4.69) is 5.10 Å². The summed E-state index contributed by atoms with van der Waals surface area (Å²) in [5, 5.41) is 5.60. The van der Waals surface area contributed by atoms with Crippen LogP contribution in [0, 0.1) is 11.7 Å². The lowest BCUT2D eigenvalue weighted by Crippen LogP contribution is -2.39. The molecule has 1 aromatic heterocycles. The van der Waals surface area contributed by atoms with Gasteiger partial charge < -0.3 is 9.64 Å². The highest BCUT2D eigenvalue weighted by atomic mass is 35.5. The number of rotatable bonds is 8. The number of nitrogens with zero attached hydrogens (tertiary/aromatic N) is 4. The van der Waals surface area contributed by atoms with Crippen LogP contribution >= 0.6 is 35.4 Å². The zero-order chi connectivity index (χ0) is 25.8. The predicted octanol–water partition coefficient (Wildman–Crippen LogP) is 7.04. The van der Waals surface area contributed by atoms with Crippen molar-refractivity contribution in [2.24, 2.45) is 0 Å². The standard InChI is InChI=1S/C27H26Cl2N4O2S/c1-18(2)32(21-9-5-4-6-10-21)26(34)16-31-27(36)33(22-11-7-8-19(3)14-22)25(30-31)17-35-24-13-12-20(28)15-23(24)29/h4-15,18H,16-17H2,1-3H3. The molecule has 0 aliphatic rings. The van der Waals surface area contributed by atoms with Gasteiger partial charge in [0.1, 0.15) is 18.9 Å². The molecule has 0 unspecified atom stereocenters. The van der Waals surface area contributed by atoms with Crippen molar-refractivity contribution in [3.05, 3.63) is 99.0 Å². The van der Waals surface area contributed by atoms with Gasteiger partial charge >= 0.3 is 0 Å². The highest BCUT2D eigenvalue weighted by molar-refractivity contribution is 7.71. The van der Waals surface area contributed by atoms with Crippen LogP contribution in [0.25, 0.3) is 5.69 Å². The number of hydrogen-bond acceptors (Lipinski definition) is 4. The number of amides is 1. The Hall–Kier alpha value is -3.13. The lowest BCUT2D eigenvalue weighted by atomic mass is 10.2. The molecule has 6 nitrogen and oxygen atoms in total. The first kappa shape index (κ1) is 25.9. The van der Waals surface area contributed by atoms with Gasteiger partial charge in [-0.2, -0.15) is 5.10 Å². The Labute approximate surface area is 225 Å². The van der Waals surface area contributed by atoms with Crippen LogP contribution in [0.3, 0.4) is 0 Å². The summed E-state index contributed by atoms with van der Waals surface area (Å²) in [6.45, 7) is 6.03. The normalized spacial score (nSPS) is 11.1. The number of carbonyl (C=O) groups is 1. The average Bonchev–Trinajstić information content (AvgIpc) is 3.13. The van der Waals surface area contributed by atoms with E-state index in [0.29, 0.717) is 26.4 Å². The van der Waals surface area contributed by atoms with Crippen LogP contribution in [0.15, 0.2) is 72.8 Å². The fourth-order valence-corrected chi connectivity index (χ4v) is 4.71. The van der Waals surface area contributed by atoms with Crippen LogP contribution in [0.4, 0.5) is 5.69 Å². The van der Waals surface area contributed by atoms with Gasteiger partial charge in [-0.3, -0.25) is 9.36 Å². The number of halogens is 2. The largest absolute Gasteiger partial charge is 0.484 e. The first-order valence-electron chi connectivity index (χ1n) is 11.5. The number of aryl methyl sites for hydroxylation is 1. The zero-order valence-corrected chi connectivity index (χ0v) is 22.5. The number of para-hydroxylation sites is 1. The number of ether oxygens (including phenoxy) is 1. The zero-order valence-electron chi connectivity index (χ0n) is 20.2. The molecule has 3 aromatic carbocycles. The number of benzene rings is 3. The van der Waals surface area contributed by atoms with Gasteiger partial charge in [0.2, 0.25) is 10.7 Å². The van der Waals surface area contributed by atoms with Gasteiger partial charge in [-0.15, -0.1) is 0 Å². The van der Waals surface area contributed by atoms with Crippen molar-refractivity contribution in [3.63, 3.8) is 0 Å². The average molecular weight is 542 g/mol. The van der Waals surface area contributed by atoms with Crippen LogP contribution < -0.4 is 9.64 Å². The summed E-state index contributed by atoms with van der Waals surface area (Å²) in [6, 6.07) is 22.5. The lowest BCUT2D eigenvalue weighted by molar-refractivity contribution is -0.119. The van der Waals surface area contributed by atoms with Crippen molar-refractivity contribution in [3.8, 4) is 11.4 Å². The molecule has 1 heterocycles. The Morgan fingerprint density at radius 1 is 1.06 bits per heavy atom. The highest BCUT2D eigenvalue weighted by Crippen LogP contribution is 2.28. The van der Waals surface area contributed by atoms with Gasteiger partial charge in [-0.05, 0) is 81.0 Å². The Kier molecular flexibility index (Phi) is 8.14. The van der Waals surface area contributed by atoms with Crippen molar-refractivity contribution in [2.75, 3.05) is 4.90 Å². The summed E-state index contributed by atoms with van der Waals surface area (Å²) in [5.41, 5.74) is 2.73. The minimum atomic E-state index is -0.116. The second-order valence-electron chi connectivity index (χ2n) is 8.59. The molecule has 186 valence electrons. The molecule has 0 spiro atoms. The molecule has 4 aromatic rings. The van der Waals surface area contributed by atoms with E-state index in [-0.39, 0.29) is 25.1 Å². The molecule has 0 bridgehead atoms. The molecule has 0 aliphatic carbocycles. The number of hydrogen-bond donors (Lipinski definition) is 0. The monoisotopic (exact) mass is 540 g/mol. The predicted molar refractivity (Wildman–Crippen MR) is 147 cm³/mol. The Morgan fingerprint density at radius 2 is 1.81 bits per heavy atom. The maximum Gasteiger partial charge on any atom is 0.249 e. The first-order valence-corrected chi connectivity index (χ1v) is 12.6. The first-order chi connectivity index (χ1) is 17.2. The molecule has 0 fully saturated rings. The fourth-order valence-electron chi connectivity index (χ4n) is 3.93. The Bertz CT molecular complexity index is 1430. The van der Waals surface area contributed by atoms with Gasteiger partial charge in [0.05, 0.1) is 10.7 Å². The smallest absolute Gasteiger partial charge is 0.249 e. The van der Waals surface area contributed by atoms with E-state index in [1.807, 2.05) is 79.9 Å². The maximum absolute atomic E-state index is 13.4. The summed E-state index contributed by atoms with van der Waals surface area (Å²) in [7, 11) is 0. The van der Waals surface area contributed by atoms with Crippen molar-refractivity contribution < 1.29 is 9.53 Å². The fraction of sp³-hybridized carbons (Fsp3) is 0.222. The topological polar surface area (TPSA) is 52.3 Å². The molecule has 0 aliphatic heterocycles. The van der Waals surface area contributed by atoms with Crippen LogP contribution in [-0.4, -0.2) is 26.3 Å². The molecule has 0 radical (unpaired) electrons. The number of carbonyl (C=O) groups excluding carboxylic acids is 1.